The molecule has 0 saturated carbocycles. The lowest BCUT2D eigenvalue weighted by Crippen LogP contribution is -2.12. The molecular formula is C64H40N2OS. The van der Waals surface area contributed by atoms with Crippen LogP contribution in [-0.4, -0.2) is 4.57 Å². The molecule has 0 aliphatic rings. The van der Waals surface area contributed by atoms with Crippen LogP contribution in [0.15, 0.2) is 247 Å². The summed E-state index contributed by atoms with van der Waals surface area (Å²) in [6.07, 6.45) is 0. The van der Waals surface area contributed by atoms with E-state index >= 15 is 0 Å². The highest BCUT2D eigenvalue weighted by Gasteiger charge is 2.25. The van der Waals surface area contributed by atoms with Crippen molar-refractivity contribution in [3.05, 3.63) is 243 Å². The molecule has 0 aliphatic carbocycles. The largest absolute Gasteiger partial charge is 0.455 e. The molecule has 3 aromatic heterocycles. The third-order valence-corrected chi connectivity index (χ3v) is 15.0. The van der Waals surface area contributed by atoms with Crippen molar-refractivity contribution in [3.63, 3.8) is 0 Å². The number of hydrogen-bond acceptors (Lipinski definition) is 3. The van der Waals surface area contributed by atoms with Gasteiger partial charge in [0.15, 0.2) is 0 Å². The van der Waals surface area contributed by atoms with E-state index in [0.29, 0.717) is 0 Å². The SMILES string of the molecule is c1ccc(N(c2ccc(-c3ccc4ccccc4c3)cc2)c2ccc3c(sc4ccccc43)c2-c2ccc(-n3c4ccccc4c4ccccc43)cc2)c(-c2cccc3c2oc2ccccc23)c1. The zero-order valence-electron chi connectivity index (χ0n) is 36.8. The molecule has 0 atom stereocenters. The quantitative estimate of drug-likeness (QED) is 0.159. The summed E-state index contributed by atoms with van der Waals surface area (Å²) < 4.78 is 11.7. The van der Waals surface area contributed by atoms with Crippen LogP contribution in [0.5, 0.6) is 0 Å². The van der Waals surface area contributed by atoms with Crippen molar-refractivity contribution in [2.24, 2.45) is 0 Å². The molecule has 0 radical (unpaired) electrons. The number of fused-ring (bicyclic) bond motifs is 10. The topological polar surface area (TPSA) is 21.3 Å². The lowest BCUT2D eigenvalue weighted by Gasteiger charge is -2.30. The van der Waals surface area contributed by atoms with Crippen LogP contribution in [-0.2, 0) is 0 Å². The fraction of sp³-hybridized carbons (Fsp3) is 0. The van der Waals surface area contributed by atoms with Gasteiger partial charge in [0.2, 0.25) is 0 Å². The van der Waals surface area contributed by atoms with Crippen LogP contribution >= 0.6 is 11.3 Å². The molecular weight excluding hydrogens is 845 g/mol. The zero-order valence-corrected chi connectivity index (χ0v) is 37.6. The summed E-state index contributed by atoms with van der Waals surface area (Å²) in [6.45, 7) is 0. The van der Waals surface area contributed by atoms with E-state index in [1.165, 1.54) is 69.4 Å². The third kappa shape index (κ3) is 6.05. The van der Waals surface area contributed by atoms with Crippen molar-refractivity contribution < 1.29 is 4.42 Å². The van der Waals surface area contributed by atoms with Crippen LogP contribution in [0.3, 0.4) is 0 Å². The van der Waals surface area contributed by atoms with E-state index in [4.69, 9.17) is 4.42 Å². The van der Waals surface area contributed by atoms with Gasteiger partial charge in [-0.15, -0.1) is 11.3 Å². The summed E-state index contributed by atoms with van der Waals surface area (Å²) in [7, 11) is 0. The van der Waals surface area contributed by atoms with Crippen molar-refractivity contribution in [2.45, 2.75) is 0 Å². The highest BCUT2D eigenvalue weighted by atomic mass is 32.1. The smallest absolute Gasteiger partial charge is 0.143 e. The van der Waals surface area contributed by atoms with Crippen molar-refractivity contribution in [3.8, 4) is 39.1 Å². The molecule has 4 heteroatoms. The molecule has 318 valence electrons. The molecule has 68 heavy (non-hydrogen) atoms. The van der Waals surface area contributed by atoms with Gasteiger partial charge in [-0.2, -0.15) is 0 Å². The van der Waals surface area contributed by atoms with Crippen LogP contribution < -0.4 is 4.90 Å². The molecule has 0 amide bonds. The Morgan fingerprint density at radius 2 is 1.00 bits per heavy atom. The van der Waals surface area contributed by atoms with Crippen LogP contribution in [0.25, 0.3) is 114 Å². The maximum Gasteiger partial charge on any atom is 0.143 e. The molecule has 14 rings (SSSR count). The van der Waals surface area contributed by atoms with Gasteiger partial charge in [-0.1, -0.05) is 176 Å². The lowest BCUT2D eigenvalue weighted by molar-refractivity contribution is 0.670. The Bertz CT molecular complexity index is 4210. The first-order chi connectivity index (χ1) is 33.7. The molecule has 0 aliphatic heterocycles. The summed E-state index contributed by atoms with van der Waals surface area (Å²) >= 11 is 1.87. The Balaban J connectivity index is 1.01. The number of hydrogen-bond donors (Lipinski definition) is 0. The Hall–Kier alpha value is -8.70. The fourth-order valence-corrected chi connectivity index (χ4v) is 11.9. The van der Waals surface area contributed by atoms with Gasteiger partial charge < -0.3 is 13.9 Å². The Kier molecular flexibility index (Phi) is 8.76. The number of thiophene rings is 1. The predicted molar refractivity (Wildman–Crippen MR) is 289 cm³/mol. The first kappa shape index (κ1) is 38.6. The second kappa shape index (κ2) is 15.5. The maximum atomic E-state index is 6.74. The van der Waals surface area contributed by atoms with Crippen molar-refractivity contribution in [1.82, 2.24) is 4.57 Å². The van der Waals surface area contributed by atoms with Crippen molar-refractivity contribution >= 4 is 103 Å². The summed E-state index contributed by atoms with van der Waals surface area (Å²) in [6, 6.07) is 88.3. The third-order valence-electron chi connectivity index (χ3n) is 13.8. The van der Waals surface area contributed by atoms with E-state index in [0.717, 1.165) is 61.4 Å². The molecule has 0 fully saturated rings. The summed E-state index contributed by atoms with van der Waals surface area (Å²) in [5, 5.41) is 9.72. The molecule has 0 unspecified atom stereocenters. The second-order valence-corrected chi connectivity index (χ2v) is 18.6. The van der Waals surface area contributed by atoms with Crippen LogP contribution in [0.2, 0.25) is 0 Å². The summed E-state index contributed by atoms with van der Waals surface area (Å²) in [5.74, 6) is 0. The van der Waals surface area contributed by atoms with Crippen LogP contribution in [0.4, 0.5) is 17.1 Å². The minimum absolute atomic E-state index is 0.883. The number of furan rings is 1. The van der Waals surface area contributed by atoms with Crippen LogP contribution in [0, 0.1) is 0 Å². The summed E-state index contributed by atoms with van der Waals surface area (Å²) in [4.78, 5) is 2.47. The number of aromatic nitrogens is 1. The van der Waals surface area contributed by atoms with E-state index in [1.807, 2.05) is 17.4 Å². The molecule has 3 heterocycles. The first-order valence-electron chi connectivity index (χ1n) is 23.2. The van der Waals surface area contributed by atoms with Gasteiger partial charge in [-0.3, -0.25) is 0 Å². The number of anilines is 3. The van der Waals surface area contributed by atoms with Crippen molar-refractivity contribution in [1.29, 1.82) is 0 Å². The van der Waals surface area contributed by atoms with Crippen molar-refractivity contribution in [2.75, 3.05) is 4.90 Å². The normalized spacial score (nSPS) is 11.8. The molecule has 0 spiro atoms. The average molecular weight is 885 g/mol. The van der Waals surface area contributed by atoms with Gasteiger partial charge in [0.1, 0.15) is 11.2 Å². The van der Waals surface area contributed by atoms with Gasteiger partial charge in [0.05, 0.1) is 22.4 Å². The Labute approximate surface area is 396 Å². The fourth-order valence-electron chi connectivity index (χ4n) is 10.7. The van der Waals surface area contributed by atoms with Gasteiger partial charge in [-0.05, 0) is 94.2 Å². The van der Waals surface area contributed by atoms with Crippen LogP contribution in [0.1, 0.15) is 0 Å². The number of nitrogens with zero attached hydrogens (tertiary/aromatic N) is 2. The zero-order chi connectivity index (χ0) is 44.7. The number of benzene rings is 11. The predicted octanol–water partition coefficient (Wildman–Crippen LogP) is 18.7. The summed E-state index contributed by atoms with van der Waals surface area (Å²) in [5.41, 5.74) is 15.3. The standard InChI is InChI=1S/C64H40N2OS/c1-2-15-44-40-45(29-28-41(44)14-1)42-30-34-47(35-31-42)66(58-25-10-5-18-50(58)53-21-13-22-54-51-19-6-11-26-60(51)67-63(53)54)59-39-38-55-52-20-7-12-27-61(52)68-64(55)62(59)43-32-36-46(37-33-43)65-56-23-8-3-16-48(56)49-17-4-9-24-57(49)65/h1-40H. The molecule has 11 aromatic carbocycles. The van der Waals surface area contributed by atoms with E-state index in [1.54, 1.807) is 0 Å². The van der Waals surface area contributed by atoms with E-state index in [-0.39, 0.29) is 0 Å². The average Bonchev–Trinajstić information content (AvgIpc) is 4.09. The van der Waals surface area contributed by atoms with E-state index in [2.05, 4.69) is 246 Å². The molecule has 0 N–H and O–H groups in total. The minimum atomic E-state index is 0.883. The monoisotopic (exact) mass is 884 g/mol. The molecule has 0 bridgehead atoms. The number of rotatable bonds is 7. The highest BCUT2D eigenvalue weighted by Crippen LogP contribution is 2.51. The lowest BCUT2D eigenvalue weighted by atomic mass is 9.96. The molecule has 14 aromatic rings. The first-order valence-corrected chi connectivity index (χ1v) is 24.0. The Morgan fingerprint density at radius 3 is 1.81 bits per heavy atom. The molecule has 0 saturated heterocycles. The van der Waals surface area contributed by atoms with E-state index in [9.17, 15) is 0 Å². The van der Waals surface area contributed by atoms with Gasteiger partial charge in [0.25, 0.3) is 0 Å². The second-order valence-electron chi connectivity index (χ2n) is 17.6. The van der Waals surface area contributed by atoms with Gasteiger partial charge in [0, 0.05) is 69.8 Å². The number of para-hydroxylation sites is 5. The minimum Gasteiger partial charge on any atom is -0.455 e. The highest BCUT2D eigenvalue weighted by molar-refractivity contribution is 7.26. The maximum absolute atomic E-state index is 6.74. The van der Waals surface area contributed by atoms with Gasteiger partial charge >= 0.3 is 0 Å². The Morgan fingerprint density at radius 1 is 0.382 bits per heavy atom. The molecule has 3 nitrogen and oxygen atoms in total. The van der Waals surface area contributed by atoms with E-state index < -0.39 is 0 Å². The van der Waals surface area contributed by atoms with Gasteiger partial charge in [-0.25, -0.2) is 0 Å².